The standard InChI is InChI=1S/C22H23N3O2/c1-15-6-8-16(9-7-15)21(26)17-10-12-25(13-11-17)14-20-23-19-5-3-2-4-18(19)22(27)24-20/h2-9,17H,10-14H2,1H3,(H,23,24,27). The number of fused-ring (bicyclic) bond motifs is 1. The van der Waals surface area contributed by atoms with Crippen molar-refractivity contribution in [1.29, 1.82) is 0 Å². The monoisotopic (exact) mass is 361 g/mol. The third-order valence-corrected chi connectivity index (χ3v) is 5.33. The highest BCUT2D eigenvalue weighted by atomic mass is 16.1. The second kappa shape index (κ2) is 7.45. The summed E-state index contributed by atoms with van der Waals surface area (Å²) in [5.41, 5.74) is 2.60. The van der Waals surface area contributed by atoms with Crippen molar-refractivity contribution >= 4 is 16.7 Å². The van der Waals surface area contributed by atoms with Crippen LogP contribution in [0.4, 0.5) is 0 Å². The van der Waals surface area contributed by atoms with Gasteiger partial charge in [-0.2, -0.15) is 0 Å². The van der Waals surface area contributed by atoms with Crippen molar-refractivity contribution in [3.63, 3.8) is 0 Å². The minimum Gasteiger partial charge on any atom is -0.309 e. The van der Waals surface area contributed by atoms with Crippen LogP contribution in [0.15, 0.2) is 53.3 Å². The van der Waals surface area contributed by atoms with Crippen LogP contribution in [0.5, 0.6) is 0 Å². The summed E-state index contributed by atoms with van der Waals surface area (Å²) >= 11 is 0. The maximum absolute atomic E-state index is 12.7. The molecule has 1 aliphatic heterocycles. The van der Waals surface area contributed by atoms with Gasteiger partial charge < -0.3 is 4.98 Å². The molecule has 1 saturated heterocycles. The number of likely N-dealkylation sites (tertiary alicyclic amines) is 1. The lowest BCUT2D eigenvalue weighted by molar-refractivity contribution is 0.0833. The fourth-order valence-corrected chi connectivity index (χ4v) is 3.73. The van der Waals surface area contributed by atoms with Crippen LogP contribution in [-0.4, -0.2) is 33.7 Å². The number of aryl methyl sites for hydroxylation is 1. The van der Waals surface area contributed by atoms with E-state index in [4.69, 9.17) is 0 Å². The molecule has 5 nitrogen and oxygen atoms in total. The number of H-pyrrole nitrogens is 1. The molecule has 2 aromatic carbocycles. The highest BCUT2D eigenvalue weighted by molar-refractivity contribution is 5.97. The van der Waals surface area contributed by atoms with E-state index >= 15 is 0 Å². The second-order valence-electron chi connectivity index (χ2n) is 7.31. The first-order chi connectivity index (χ1) is 13.1. The Hall–Kier alpha value is -2.79. The average molecular weight is 361 g/mol. The van der Waals surface area contributed by atoms with Crippen LogP contribution < -0.4 is 5.56 Å². The predicted octanol–water partition coefficient (Wildman–Crippen LogP) is 3.33. The van der Waals surface area contributed by atoms with Crippen molar-refractivity contribution in [3.8, 4) is 0 Å². The van der Waals surface area contributed by atoms with Gasteiger partial charge in [0, 0.05) is 11.5 Å². The number of benzene rings is 2. The highest BCUT2D eigenvalue weighted by Crippen LogP contribution is 2.23. The zero-order chi connectivity index (χ0) is 18.8. The quantitative estimate of drug-likeness (QED) is 0.724. The van der Waals surface area contributed by atoms with Crippen LogP contribution in [0.2, 0.25) is 0 Å². The van der Waals surface area contributed by atoms with Crippen molar-refractivity contribution in [2.45, 2.75) is 26.3 Å². The summed E-state index contributed by atoms with van der Waals surface area (Å²) in [5.74, 6) is 1.00. The number of piperidine rings is 1. The molecule has 0 saturated carbocycles. The summed E-state index contributed by atoms with van der Waals surface area (Å²) in [7, 11) is 0. The molecule has 1 aromatic heterocycles. The molecule has 0 bridgehead atoms. The molecule has 0 unspecified atom stereocenters. The fourth-order valence-electron chi connectivity index (χ4n) is 3.73. The van der Waals surface area contributed by atoms with Gasteiger partial charge in [-0.25, -0.2) is 4.98 Å². The normalized spacial score (nSPS) is 15.9. The maximum atomic E-state index is 12.7. The number of rotatable bonds is 4. The Morgan fingerprint density at radius 1 is 1.11 bits per heavy atom. The van der Waals surface area contributed by atoms with Gasteiger partial charge >= 0.3 is 0 Å². The molecule has 2 heterocycles. The Kier molecular flexibility index (Phi) is 4.86. The van der Waals surface area contributed by atoms with E-state index in [0.717, 1.165) is 37.0 Å². The van der Waals surface area contributed by atoms with Crippen molar-refractivity contribution in [2.24, 2.45) is 5.92 Å². The second-order valence-corrected chi connectivity index (χ2v) is 7.31. The van der Waals surface area contributed by atoms with E-state index in [9.17, 15) is 9.59 Å². The summed E-state index contributed by atoms with van der Waals surface area (Å²) in [6.45, 7) is 4.29. The van der Waals surface area contributed by atoms with Gasteiger partial charge in [-0.05, 0) is 45.0 Å². The SMILES string of the molecule is Cc1ccc(C(=O)C2CCN(Cc3nc4ccccc4c(=O)[nH]3)CC2)cc1. The third-order valence-electron chi connectivity index (χ3n) is 5.33. The zero-order valence-electron chi connectivity index (χ0n) is 15.4. The molecule has 27 heavy (non-hydrogen) atoms. The molecular weight excluding hydrogens is 338 g/mol. The van der Waals surface area contributed by atoms with Gasteiger partial charge in [-0.1, -0.05) is 42.0 Å². The first-order valence-corrected chi connectivity index (χ1v) is 9.41. The molecule has 1 N–H and O–H groups in total. The minimum absolute atomic E-state index is 0.0765. The summed E-state index contributed by atoms with van der Waals surface area (Å²) in [6.07, 6.45) is 1.68. The number of ketones is 1. The Bertz CT molecular complexity index is 1020. The van der Waals surface area contributed by atoms with Crippen LogP contribution in [0, 0.1) is 12.8 Å². The van der Waals surface area contributed by atoms with Gasteiger partial charge in [0.25, 0.3) is 5.56 Å². The van der Waals surface area contributed by atoms with Gasteiger partial charge in [0.1, 0.15) is 5.82 Å². The van der Waals surface area contributed by atoms with Gasteiger partial charge in [0.2, 0.25) is 0 Å². The average Bonchev–Trinajstić information content (AvgIpc) is 2.69. The van der Waals surface area contributed by atoms with Crippen LogP contribution in [0.1, 0.15) is 34.6 Å². The van der Waals surface area contributed by atoms with Gasteiger partial charge in [-0.3, -0.25) is 14.5 Å². The molecular formula is C22H23N3O2. The highest BCUT2D eigenvalue weighted by Gasteiger charge is 2.26. The van der Waals surface area contributed by atoms with Crippen molar-refractivity contribution < 1.29 is 4.79 Å². The number of nitrogens with zero attached hydrogens (tertiary/aromatic N) is 2. The van der Waals surface area contributed by atoms with E-state index in [2.05, 4.69) is 14.9 Å². The Morgan fingerprint density at radius 2 is 1.81 bits per heavy atom. The van der Waals surface area contributed by atoms with Gasteiger partial charge in [-0.15, -0.1) is 0 Å². The Balaban J connectivity index is 1.40. The molecule has 0 amide bonds. The maximum Gasteiger partial charge on any atom is 0.258 e. The molecule has 0 aliphatic carbocycles. The van der Waals surface area contributed by atoms with E-state index in [1.165, 1.54) is 5.56 Å². The predicted molar refractivity (Wildman–Crippen MR) is 106 cm³/mol. The third kappa shape index (κ3) is 3.83. The number of aromatic nitrogens is 2. The van der Waals surface area contributed by atoms with E-state index in [0.29, 0.717) is 17.8 Å². The number of aromatic amines is 1. The molecule has 1 fully saturated rings. The Morgan fingerprint density at radius 3 is 2.56 bits per heavy atom. The van der Waals surface area contributed by atoms with Crippen molar-refractivity contribution in [1.82, 2.24) is 14.9 Å². The van der Waals surface area contributed by atoms with Crippen LogP contribution in [0.3, 0.4) is 0 Å². The van der Waals surface area contributed by atoms with Crippen LogP contribution >= 0.6 is 0 Å². The molecule has 1 aliphatic rings. The summed E-state index contributed by atoms with van der Waals surface area (Å²) in [5, 5.41) is 0.614. The number of carbonyl (C=O) groups excluding carboxylic acids is 1. The first-order valence-electron chi connectivity index (χ1n) is 9.41. The van der Waals surface area contributed by atoms with Gasteiger partial charge in [0.15, 0.2) is 5.78 Å². The van der Waals surface area contributed by atoms with Gasteiger partial charge in [0.05, 0.1) is 17.4 Å². The van der Waals surface area contributed by atoms with Crippen LogP contribution in [-0.2, 0) is 6.54 Å². The molecule has 138 valence electrons. The molecule has 0 spiro atoms. The minimum atomic E-state index is -0.0972. The van der Waals surface area contributed by atoms with E-state index in [1.54, 1.807) is 6.07 Å². The fraction of sp³-hybridized carbons (Fsp3) is 0.318. The van der Waals surface area contributed by atoms with E-state index in [1.807, 2.05) is 49.4 Å². The lowest BCUT2D eigenvalue weighted by Crippen LogP contribution is -2.36. The summed E-state index contributed by atoms with van der Waals surface area (Å²) in [6, 6.07) is 15.2. The number of hydrogen-bond acceptors (Lipinski definition) is 4. The Labute approximate surface area is 158 Å². The number of hydrogen-bond donors (Lipinski definition) is 1. The number of Topliss-reactive ketones (excluding diaryl/α,β-unsaturated/α-hetero) is 1. The smallest absolute Gasteiger partial charge is 0.258 e. The van der Waals surface area contributed by atoms with Crippen LogP contribution in [0.25, 0.3) is 10.9 Å². The molecule has 0 radical (unpaired) electrons. The molecule has 3 aromatic rings. The van der Waals surface area contributed by atoms with Crippen molar-refractivity contribution in [2.75, 3.05) is 13.1 Å². The van der Waals surface area contributed by atoms with Crippen molar-refractivity contribution in [3.05, 3.63) is 75.8 Å². The summed E-state index contributed by atoms with van der Waals surface area (Å²) < 4.78 is 0. The number of nitrogens with one attached hydrogen (secondary N) is 1. The molecule has 5 heteroatoms. The lowest BCUT2D eigenvalue weighted by Gasteiger charge is -2.30. The molecule has 0 atom stereocenters. The topological polar surface area (TPSA) is 66.1 Å². The summed E-state index contributed by atoms with van der Waals surface area (Å²) in [4.78, 5) is 34.6. The lowest BCUT2D eigenvalue weighted by atomic mass is 9.88. The first kappa shape index (κ1) is 17.6. The molecule has 4 rings (SSSR count). The largest absolute Gasteiger partial charge is 0.309 e. The van der Waals surface area contributed by atoms with E-state index in [-0.39, 0.29) is 17.3 Å². The zero-order valence-corrected chi connectivity index (χ0v) is 15.4. The number of para-hydroxylation sites is 1. The van der Waals surface area contributed by atoms with E-state index < -0.39 is 0 Å². The number of carbonyl (C=O) groups is 1.